The Kier molecular flexibility index (Phi) is 6.47. The van der Waals surface area contributed by atoms with E-state index in [1.54, 1.807) is 6.07 Å². The summed E-state index contributed by atoms with van der Waals surface area (Å²) in [4.78, 5) is 25.1. The lowest BCUT2D eigenvalue weighted by atomic mass is 9.94. The van der Waals surface area contributed by atoms with Gasteiger partial charge in [-0.3, -0.25) is 4.79 Å². The van der Waals surface area contributed by atoms with Crippen LogP contribution < -0.4 is 5.32 Å². The Bertz CT molecular complexity index is 1010. The number of carbonyl (C=O) groups excluding carboxylic acids is 2. The van der Waals surface area contributed by atoms with Crippen molar-refractivity contribution in [3.63, 3.8) is 0 Å². The minimum absolute atomic E-state index is 0.292. The van der Waals surface area contributed by atoms with Crippen LogP contribution in [0, 0.1) is 0 Å². The van der Waals surface area contributed by atoms with E-state index in [4.69, 9.17) is 4.74 Å². The number of ether oxygens (including phenoxy) is 1. The number of methoxy groups -OCH3 is 1. The van der Waals surface area contributed by atoms with Gasteiger partial charge < -0.3 is 10.1 Å². The molecule has 4 nitrogen and oxygen atoms in total. The van der Waals surface area contributed by atoms with Crippen LogP contribution in [0.4, 0.5) is 0 Å². The Morgan fingerprint density at radius 1 is 1.04 bits per heavy atom. The molecule has 0 unspecified atom stereocenters. The predicted octanol–water partition coefficient (Wildman–Crippen LogP) is 5.34. The molecule has 0 bridgehead atoms. The molecule has 0 saturated heterocycles. The number of carbonyl (C=O) groups is 2. The molecule has 1 N–H and O–H groups in total. The molecule has 0 saturated carbocycles. The van der Waals surface area contributed by atoms with Gasteiger partial charge in [-0.15, -0.1) is 0 Å². The Morgan fingerprint density at radius 2 is 1.79 bits per heavy atom. The molecular formula is C23H22BrNO3. The molecule has 1 amide bonds. The van der Waals surface area contributed by atoms with Crippen LogP contribution in [0.15, 0.2) is 65.1 Å². The molecule has 0 aromatic heterocycles. The summed E-state index contributed by atoms with van der Waals surface area (Å²) in [6.45, 7) is 1.96. The van der Waals surface area contributed by atoms with Crippen LogP contribution in [-0.2, 0) is 9.53 Å². The summed E-state index contributed by atoms with van der Waals surface area (Å²) >= 11 is 3.51. The van der Waals surface area contributed by atoms with Gasteiger partial charge >= 0.3 is 5.97 Å². The highest BCUT2D eigenvalue weighted by molar-refractivity contribution is 9.10. The number of amides is 1. The van der Waals surface area contributed by atoms with Crippen LogP contribution >= 0.6 is 15.9 Å². The van der Waals surface area contributed by atoms with Crippen LogP contribution in [-0.4, -0.2) is 25.0 Å². The number of esters is 1. The normalized spacial score (nSPS) is 11.8. The van der Waals surface area contributed by atoms with E-state index in [0.29, 0.717) is 12.0 Å². The quantitative estimate of drug-likeness (QED) is 0.527. The average Bonchev–Trinajstić information content (AvgIpc) is 2.72. The predicted molar refractivity (Wildman–Crippen MR) is 115 cm³/mol. The first-order valence-corrected chi connectivity index (χ1v) is 10.0. The minimum Gasteiger partial charge on any atom is -0.467 e. The van der Waals surface area contributed by atoms with Gasteiger partial charge in [0.25, 0.3) is 5.91 Å². The molecule has 3 aromatic rings. The summed E-state index contributed by atoms with van der Waals surface area (Å²) in [6, 6.07) is 19.0. The van der Waals surface area contributed by atoms with Crippen molar-refractivity contribution < 1.29 is 14.3 Å². The Labute approximate surface area is 173 Å². The van der Waals surface area contributed by atoms with Gasteiger partial charge in [0, 0.05) is 10.0 Å². The van der Waals surface area contributed by atoms with Crippen molar-refractivity contribution in [1.82, 2.24) is 5.32 Å². The second kappa shape index (κ2) is 9.02. The maximum atomic E-state index is 13.1. The minimum atomic E-state index is -0.661. The van der Waals surface area contributed by atoms with Crippen LogP contribution in [0.2, 0.25) is 0 Å². The molecular weight excluding hydrogens is 418 g/mol. The summed E-state index contributed by atoms with van der Waals surface area (Å²) in [5, 5.41) is 5.00. The van der Waals surface area contributed by atoms with Gasteiger partial charge in [-0.2, -0.15) is 0 Å². The highest BCUT2D eigenvalue weighted by atomic mass is 79.9. The van der Waals surface area contributed by atoms with Gasteiger partial charge in [-0.25, -0.2) is 4.79 Å². The summed E-state index contributed by atoms with van der Waals surface area (Å²) in [5.74, 6) is -0.724. The Balaban J connectivity index is 2.06. The maximum Gasteiger partial charge on any atom is 0.328 e. The zero-order chi connectivity index (χ0) is 20.1. The lowest BCUT2D eigenvalue weighted by molar-refractivity contribution is -0.143. The van der Waals surface area contributed by atoms with E-state index in [-0.39, 0.29) is 5.91 Å². The summed E-state index contributed by atoms with van der Waals surface area (Å²) in [6.07, 6.45) is 1.29. The molecule has 3 aromatic carbocycles. The zero-order valence-corrected chi connectivity index (χ0v) is 17.5. The van der Waals surface area contributed by atoms with Crippen molar-refractivity contribution in [3.8, 4) is 11.1 Å². The monoisotopic (exact) mass is 439 g/mol. The van der Waals surface area contributed by atoms with E-state index in [0.717, 1.165) is 32.8 Å². The van der Waals surface area contributed by atoms with Gasteiger partial charge in [-0.1, -0.05) is 71.7 Å². The number of nitrogens with one attached hydrogen (secondary N) is 1. The van der Waals surface area contributed by atoms with Gasteiger partial charge in [-0.05, 0) is 46.5 Å². The van der Waals surface area contributed by atoms with Gasteiger partial charge in [0.15, 0.2) is 0 Å². The van der Waals surface area contributed by atoms with Crippen molar-refractivity contribution in [2.24, 2.45) is 0 Å². The van der Waals surface area contributed by atoms with Crippen LogP contribution in [0.5, 0.6) is 0 Å². The first-order chi connectivity index (χ1) is 13.5. The number of benzene rings is 3. The number of hydrogen-bond donors (Lipinski definition) is 1. The Hall–Kier alpha value is -2.66. The fourth-order valence-corrected chi connectivity index (χ4v) is 3.67. The van der Waals surface area contributed by atoms with Crippen molar-refractivity contribution in [1.29, 1.82) is 0 Å². The molecule has 0 fully saturated rings. The van der Waals surface area contributed by atoms with Gasteiger partial charge in [0.1, 0.15) is 6.04 Å². The first kappa shape index (κ1) is 20.1. The molecule has 0 aliphatic rings. The second-order valence-corrected chi connectivity index (χ2v) is 7.47. The maximum absolute atomic E-state index is 13.1. The second-order valence-electron chi connectivity index (χ2n) is 6.55. The molecule has 0 spiro atoms. The number of hydrogen-bond acceptors (Lipinski definition) is 3. The smallest absolute Gasteiger partial charge is 0.328 e. The molecule has 144 valence electrons. The molecule has 28 heavy (non-hydrogen) atoms. The summed E-state index contributed by atoms with van der Waals surface area (Å²) < 4.78 is 5.71. The number of halogens is 1. The van der Waals surface area contributed by atoms with Crippen molar-refractivity contribution in [2.45, 2.75) is 25.8 Å². The molecule has 1 atom stereocenters. The van der Waals surface area contributed by atoms with Crippen molar-refractivity contribution in [2.75, 3.05) is 7.11 Å². The van der Waals surface area contributed by atoms with Crippen LogP contribution in [0.3, 0.4) is 0 Å². The van der Waals surface area contributed by atoms with Crippen molar-refractivity contribution in [3.05, 3.63) is 70.7 Å². The highest BCUT2D eigenvalue weighted by Gasteiger charge is 2.23. The lowest BCUT2D eigenvalue weighted by Crippen LogP contribution is -2.41. The first-order valence-electron chi connectivity index (χ1n) is 9.21. The molecule has 3 rings (SSSR count). The number of fused-ring (bicyclic) bond motifs is 1. The molecule has 0 heterocycles. The third kappa shape index (κ3) is 4.25. The van der Waals surface area contributed by atoms with E-state index in [1.807, 2.05) is 61.5 Å². The largest absolute Gasteiger partial charge is 0.467 e. The molecule has 0 radical (unpaired) electrons. The fraction of sp³-hybridized carbons (Fsp3) is 0.217. The molecule has 0 aliphatic carbocycles. The topological polar surface area (TPSA) is 55.4 Å². The van der Waals surface area contributed by atoms with Crippen molar-refractivity contribution >= 4 is 38.6 Å². The van der Waals surface area contributed by atoms with E-state index in [9.17, 15) is 9.59 Å². The average molecular weight is 440 g/mol. The van der Waals surface area contributed by atoms with Crippen LogP contribution in [0.1, 0.15) is 30.1 Å². The van der Waals surface area contributed by atoms with Gasteiger partial charge in [0.05, 0.1) is 7.11 Å². The summed E-state index contributed by atoms with van der Waals surface area (Å²) in [7, 11) is 1.33. The zero-order valence-electron chi connectivity index (χ0n) is 15.9. The standard InChI is InChI=1S/C23H22BrNO3/c1-3-7-21(23(27)28-2)25-22(26)19-13-12-16(24)14-20(19)18-11-6-9-15-8-4-5-10-17(15)18/h4-6,8-14,21H,3,7H2,1-2H3,(H,25,26)/t21-/m1/s1. The third-order valence-corrected chi connectivity index (χ3v) is 5.17. The summed E-state index contributed by atoms with van der Waals surface area (Å²) in [5.41, 5.74) is 2.29. The SMILES string of the molecule is CCC[C@@H](NC(=O)c1ccc(Br)cc1-c1cccc2ccccc12)C(=O)OC. The van der Waals surface area contributed by atoms with E-state index in [2.05, 4.69) is 21.2 Å². The Morgan fingerprint density at radius 3 is 2.54 bits per heavy atom. The van der Waals surface area contributed by atoms with E-state index >= 15 is 0 Å². The third-order valence-electron chi connectivity index (χ3n) is 4.67. The molecule has 0 aliphatic heterocycles. The lowest BCUT2D eigenvalue weighted by Gasteiger charge is -2.18. The fourth-order valence-electron chi connectivity index (χ4n) is 3.31. The van der Waals surface area contributed by atoms with E-state index in [1.165, 1.54) is 7.11 Å². The molecule has 5 heteroatoms. The van der Waals surface area contributed by atoms with Gasteiger partial charge in [0.2, 0.25) is 0 Å². The van der Waals surface area contributed by atoms with E-state index < -0.39 is 12.0 Å². The highest BCUT2D eigenvalue weighted by Crippen LogP contribution is 2.33. The van der Waals surface area contributed by atoms with Crippen LogP contribution in [0.25, 0.3) is 21.9 Å². The number of rotatable bonds is 6.